The van der Waals surface area contributed by atoms with E-state index in [4.69, 9.17) is 4.74 Å². The summed E-state index contributed by atoms with van der Waals surface area (Å²) >= 11 is 3.12. The van der Waals surface area contributed by atoms with Gasteiger partial charge in [0.15, 0.2) is 0 Å². The molecule has 1 unspecified atom stereocenters. The molecule has 0 aromatic heterocycles. The van der Waals surface area contributed by atoms with Crippen molar-refractivity contribution in [3.63, 3.8) is 0 Å². The van der Waals surface area contributed by atoms with Gasteiger partial charge in [0, 0.05) is 18.8 Å². The van der Waals surface area contributed by atoms with Crippen molar-refractivity contribution in [1.82, 2.24) is 0 Å². The van der Waals surface area contributed by atoms with Crippen LogP contribution in [0.3, 0.4) is 0 Å². The summed E-state index contributed by atoms with van der Waals surface area (Å²) in [4.78, 5) is 0. The molecule has 1 aliphatic heterocycles. The van der Waals surface area contributed by atoms with Crippen molar-refractivity contribution in [2.45, 2.75) is 18.9 Å². The standard InChI is InChI=1S/C11H13BrFNO/c12-10-4-3-8(6-11(10)13)14-7-9-2-1-5-15-9/h3-4,6,9,14H,1-2,5,7H2. The van der Waals surface area contributed by atoms with E-state index in [1.165, 1.54) is 6.07 Å². The fraction of sp³-hybridized carbons (Fsp3) is 0.455. The minimum absolute atomic E-state index is 0.243. The highest BCUT2D eigenvalue weighted by atomic mass is 79.9. The minimum Gasteiger partial charge on any atom is -0.382 e. The third kappa shape index (κ3) is 2.92. The van der Waals surface area contributed by atoms with Crippen LogP contribution in [0, 0.1) is 5.82 Å². The number of rotatable bonds is 3. The van der Waals surface area contributed by atoms with E-state index in [1.807, 2.05) is 6.07 Å². The van der Waals surface area contributed by atoms with E-state index < -0.39 is 0 Å². The molecule has 0 bridgehead atoms. The summed E-state index contributed by atoms with van der Waals surface area (Å²) in [5.74, 6) is -0.243. The smallest absolute Gasteiger partial charge is 0.139 e. The summed E-state index contributed by atoms with van der Waals surface area (Å²) in [6, 6.07) is 5.04. The first-order chi connectivity index (χ1) is 7.25. The van der Waals surface area contributed by atoms with Gasteiger partial charge in [0.2, 0.25) is 0 Å². The molecule has 1 heterocycles. The zero-order valence-corrected chi connectivity index (χ0v) is 9.89. The van der Waals surface area contributed by atoms with Crippen LogP contribution >= 0.6 is 15.9 Å². The molecule has 82 valence electrons. The van der Waals surface area contributed by atoms with Crippen LogP contribution in [0.5, 0.6) is 0 Å². The number of hydrogen-bond acceptors (Lipinski definition) is 2. The van der Waals surface area contributed by atoms with Crippen molar-refractivity contribution in [1.29, 1.82) is 0 Å². The van der Waals surface area contributed by atoms with Crippen LogP contribution in [0.4, 0.5) is 10.1 Å². The van der Waals surface area contributed by atoms with Crippen molar-refractivity contribution in [2.75, 3.05) is 18.5 Å². The monoisotopic (exact) mass is 273 g/mol. The second-order valence-electron chi connectivity index (χ2n) is 3.64. The van der Waals surface area contributed by atoms with E-state index in [0.29, 0.717) is 4.47 Å². The topological polar surface area (TPSA) is 21.3 Å². The van der Waals surface area contributed by atoms with Crippen molar-refractivity contribution in [3.05, 3.63) is 28.5 Å². The molecule has 15 heavy (non-hydrogen) atoms. The van der Waals surface area contributed by atoms with Crippen LogP contribution in [0.15, 0.2) is 22.7 Å². The van der Waals surface area contributed by atoms with Crippen molar-refractivity contribution >= 4 is 21.6 Å². The lowest BCUT2D eigenvalue weighted by atomic mass is 10.2. The average molecular weight is 274 g/mol. The largest absolute Gasteiger partial charge is 0.382 e. The number of anilines is 1. The Bertz CT molecular complexity index is 339. The van der Waals surface area contributed by atoms with Crippen molar-refractivity contribution in [3.8, 4) is 0 Å². The summed E-state index contributed by atoms with van der Waals surface area (Å²) in [5, 5.41) is 3.17. The van der Waals surface area contributed by atoms with Gasteiger partial charge in [-0.3, -0.25) is 0 Å². The van der Waals surface area contributed by atoms with Gasteiger partial charge in [-0.15, -0.1) is 0 Å². The van der Waals surface area contributed by atoms with Gasteiger partial charge >= 0.3 is 0 Å². The predicted molar refractivity (Wildman–Crippen MR) is 61.6 cm³/mol. The molecule has 0 saturated carbocycles. The fourth-order valence-corrected chi connectivity index (χ4v) is 1.89. The molecule has 1 aliphatic rings. The lowest BCUT2D eigenvalue weighted by Gasteiger charge is -2.11. The Kier molecular flexibility index (Phi) is 3.59. The summed E-state index contributed by atoms with van der Waals surface area (Å²) in [5.41, 5.74) is 0.797. The van der Waals surface area contributed by atoms with Gasteiger partial charge in [-0.1, -0.05) is 0 Å². The molecule has 4 heteroatoms. The minimum atomic E-state index is -0.243. The van der Waals surface area contributed by atoms with Crippen molar-refractivity contribution in [2.24, 2.45) is 0 Å². The summed E-state index contributed by atoms with van der Waals surface area (Å²) in [6.45, 7) is 1.60. The van der Waals surface area contributed by atoms with Crippen LogP contribution in [-0.2, 0) is 4.74 Å². The highest BCUT2D eigenvalue weighted by Crippen LogP contribution is 2.20. The Morgan fingerprint density at radius 2 is 2.40 bits per heavy atom. The SMILES string of the molecule is Fc1cc(NCC2CCCO2)ccc1Br. The van der Waals surface area contributed by atoms with E-state index in [9.17, 15) is 4.39 Å². The highest BCUT2D eigenvalue weighted by molar-refractivity contribution is 9.10. The van der Waals surface area contributed by atoms with Crippen LogP contribution in [0.25, 0.3) is 0 Å². The summed E-state index contributed by atoms with van der Waals surface area (Å²) in [6.07, 6.45) is 2.49. The lowest BCUT2D eigenvalue weighted by Crippen LogP contribution is -2.18. The molecule has 1 atom stereocenters. The number of hydrogen-bond donors (Lipinski definition) is 1. The zero-order valence-electron chi connectivity index (χ0n) is 8.30. The average Bonchev–Trinajstić information content (AvgIpc) is 2.73. The molecule has 0 spiro atoms. The van der Waals surface area contributed by atoms with Crippen molar-refractivity contribution < 1.29 is 9.13 Å². The van der Waals surface area contributed by atoms with Gasteiger partial charge in [0.1, 0.15) is 5.82 Å². The number of halogens is 2. The van der Waals surface area contributed by atoms with E-state index in [-0.39, 0.29) is 11.9 Å². The second kappa shape index (κ2) is 4.94. The Morgan fingerprint density at radius 1 is 1.53 bits per heavy atom. The number of ether oxygens (including phenoxy) is 1. The molecule has 2 rings (SSSR count). The summed E-state index contributed by atoms with van der Waals surface area (Å²) in [7, 11) is 0. The Morgan fingerprint density at radius 3 is 3.07 bits per heavy atom. The van der Waals surface area contributed by atoms with E-state index in [1.54, 1.807) is 6.07 Å². The molecule has 0 aliphatic carbocycles. The second-order valence-corrected chi connectivity index (χ2v) is 4.50. The van der Waals surface area contributed by atoms with Crippen LogP contribution in [-0.4, -0.2) is 19.3 Å². The molecule has 1 aromatic rings. The maximum Gasteiger partial charge on any atom is 0.139 e. The van der Waals surface area contributed by atoms with Gasteiger partial charge in [-0.05, 0) is 47.0 Å². The van der Waals surface area contributed by atoms with Gasteiger partial charge in [0.25, 0.3) is 0 Å². The molecule has 1 aromatic carbocycles. The number of nitrogens with one attached hydrogen (secondary N) is 1. The Hall–Kier alpha value is -0.610. The lowest BCUT2D eigenvalue weighted by molar-refractivity contribution is 0.120. The molecule has 1 fully saturated rings. The zero-order chi connectivity index (χ0) is 10.7. The van der Waals surface area contributed by atoms with Crippen LogP contribution < -0.4 is 5.32 Å². The first-order valence-corrected chi connectivity index (χ1v) is 5.85. The normalized spacial score (nSPS) is 20.5. The Balaban J connectivity index is 1.90. The molecule has 1 N–H and O–H groups in total. The van der Waals surface area contributed by atoms with E-state index in [0.717, 1.165) is 31.7 Å². The number of benzene rings is 1. The third-order valence-electron chi connectivity index (χ3n) is 2.48. The molecule has 0 radical (unpaired) electrons. The van der Waals surface area contributed by atoms with Gasteiger partial charge in [-0.25, -0.2) is 4.39 Å². The molecule has 2 nitrogen and oxygen atoms in total. The van der Waals surface area contributed by atoms with E-state index >= 15 is 0 Å². The quantitative estimate of drug-likeness (QED) is 0.914. The first kappa shape index (κ1) is 10.9. The molecular formula is C11H13BrFNO. The molecule has 0 amide bonds. The maximum absolute atomic E-state index is 13.2. The van der Waals surface area contributed by atoms with Gasteiger partial charge in [-0.2, -0.15) is 0 Å². The van der Waals surface area contributed by atoms with Gasteiger partial charge < -0.3 is 10.1 Å². The summed E-state index contributed by atoms with van der Waals surface area (Å²) < 4.78 is 19.1. The van der Waals surface area contributed by atoms with Crippen LogP contribution in [0.2, 0.25) is 0 Å². The first-order valence-electron chi connectivity index (χ1n) is 5.06. The Labute approximate surface area is 96.9 Å². The fourth-order valence-electron chi connectivity index (χ4n) is 1.64. The van der Waals surface area contributed by atoms with Gasteiger partial charge in [0.05, 0.1) is 10.6 Å². The molecule has 1 saturated heterocycles. The highest BCUT2D eigenvalue weighted by Gasteiger charge is 2.14. The third-order valence-corrected chi connectivity index (χ3v) is 3.12. The maximum atomic E-state index is 13.2. The van der Waals surface area contributed by atoms with Crippen LogP contribution in [0.1, 0.15) is 12.8 Å². The van der Waals surface area contributed by atoms with E-state index in [2.05, 4.69) is 21.2 Å². The predicted octanol–water partition coefficient (Wildman–Crippen LogP) is 3.18. The molecular weight excluding hydrogens is 261 g/mol.